The number of carbonyl (C=O) groups is 2. The number of fused-ring (bicyclic) bond motifs is 2. The van der Waals surface area contributed by atoms with Gasteiger partial charge in [0.25, 0.3) is 0 Å². The number of ketones is 2. The lowest BCUT2D eigenvalue weighted by Crippen LogP contribution is -2.10. The summed E-state index contributed by atoms with van der Waals surface area (Å²) >= 11 is 0. The fraction of sp³-hybridized carbons (Fsp3) is 0.472. The number of aryl methyl sites for hydroxylation is 2. The second kappa shape index (κ2) is 15.4. The van der Waals surface area contributed by atoms with Gasteiger partial charge in [-0.1, -0.05) is 49.7 Å². The summed E-state index contributed by atoms with van der Waals surface area (Å²) in [6.45, 7) is 4.43. The molecule has 0 radical (unpaired) electrons. The predicted molar refractivity (Wildman–Crippen MR) is 163 cm³/mol. The second-order valence-corrected chi connectivity index (χ2v) is 11.0. The standard InChI is InChI=1S/C29H33NO3.C7H10/c1-3-18-33-28-11-7-4-8-22(28)14-15-23(32)19-21-12-16-25-27(17-13-21)30-26-10-6-5-9-24(26)29(25)20(2)31;1-2-4-6-7-5-3-1/h4-11,21H,3,12-19H2,1-2H3;1-5H2. The average molecular weight is 538 g/mol. The van der Waals surface area contributed by atoms with E-state index in [2.05, 4.69) is 24.8 Å². The number of carbonyl (C=O) groups excluding carboxylic acids is 2. The van der Waals surface area contributed by atoms with Crippen molar-refractivity contribution in [1.82, 2.24) is 4.98 Å². The van der Waals surface area contributed by atoms with E-state index < -0.39 is 0 Å². The third-order valence-electron chi connectivity index (χ3n) is 7.88. The van der Waals surface area contributed by atoms with Crippen molar-refractivity contribution in [2.45, 2.75) is 97.3 Å². The van der Waals surface area contributed by atoms with Crippen LogP contribution in [0.5, 0.6) is 5.75 Å². The van der Waals surface area contributed by atoms with E-state index in [-0.39, 0.29) is 5.78 Å². The van der Waals surface area contributed by atoms with Gasteiger partial charge in [0.2, 0.25) is 0 Å². The van der Waals surface area contributed by atoms with E-state index in [9.17, 15) is 9.59 Å². The normalized spacial score (nSPS) is 16.3. The number of pyridine rings is 1. The largest absolute Gasteiger partial charge is 0.493 e. The van der Waals surface area contributed by atoms with Gasteiger partial charge in [-0.2, -0.15) is 0 Å². The third-order valence-corrected chi connectivity index (χ3v) is 7.88. The highest BCUT2D eigenvalue weighted by Crippen LogP contribution is 2.32. The molecule has 1 aromatic heterocycles. The first-order chi connectivity index (χ1) is 19.6. The lowest BCUT2D eigenvalue weighted by Gasteiger charge is -2.14. The topological polar surface area (TPSA) is 56.3 Å². The van der Waals surface area contributed by atoms with Gasteiger partial charge in [-0.05, 0) is 87.5 Å². The van der Waals surface area contributed by atoms with Crippen LogP contribution >= 0.6 is 0 Å². The molecule has 0 aliphatic heterocycles. The van der Waals surface area contributed by atoms with Crippen molar-refractivity contribution in [3.05, 3.63) is 70.9 Å². The fourth-order valence-electron chi connectivity index (χ4n) is 5.76. The van der Waals surface area contributed by atoms with Crippen LogP contribution in [0.1, 0.15) is 105 Å². The van der Waals surface area contributed by atoms with Gasteiger partial charge in [-0.3, -0.25) is 14.6 Å². The van der Waals surface area contributed by atoms with Crippen LogP contribution < -0.4 is 4.74 Å². The maximum atomic E-state index is 12.9. The minimum atomic E-state index is 0.100. The van der Waals surface area contributed by atoms with Crippen LogP contribution in [0, 0.1) is 17.8 Å². The molecule has 2 aromatic carbocycles. The molecular formula is C36H43NO3. The zero-order valence-corrected chi connectivity index (χ0v) is 24.3. The molecule has 210 valence electrons. The van der Waals surface area contributed by atoms with Gasteiger partial charge < -0.3 is 4.74 Å². The van der Waals surface area contributed by atoms with Gasteiger partial charge in [0.1, 0.15) is 11.5 Å². The second-order valence-electron chi connectivity index (χ2n) is 11.0. The lowest BCUT2D eigenvalue weighted by atomic mass is 9.91. The molecule has 5 rings (SSSR count). The van der Waals surface area contributed by atoms with Crippen molar-refractivity contribution in [3.63, 3.8) is 0 Å². The van der Waals surface area contributed by atoms with Gasteiger partial charge in [-0.15, -0.1) is 11.8 Å². The van der Waals surface area contributed by atoms with Crippen LogP contribution in [0.2, 0.25) is 0 Å². The molecule has 0 spiro atoms. The molecular weight excluding hydrogens is 494 g/mol. The molecule has 2 aliphatic carbocycles. The maximum absolute atomic E-state index is 12.9. The highest BCUT2D eigenvalue weighted by molar-refractivity contribution is 6.07. The zero-order chi connectivity index (χ0) is 28.2. The molecule has 2 aliphatic rings. The first-order valence-electron chi connectivity index (χ1n) is 15.2. The van der Waals surface area contributed by atoms with E-state index in [0.29, 0.717) is 37.6 Å². The Labute approximate surface area is 239 Å². The molecule has 3 aromatic rings. The summed E-state index contributed by atoms with van der Waals surface area (Å²) in [7, 11) is 0. The van der Waals surface area contributed by atoms with Crippen molar-refractivity contribution >= 4 is 22.5 Å². The smallest absolute Gasteiger partial charge is 0.160 e. The van der Waals surface area contributed by atoms with Crippen LogP contribution in [-0.2, 0) is 24.1 Å². The van der Waals surface area contributed by atoms with E-state index in [1.807, 2.05) is 42.5 Å². The molecule has 40 heavy (non-hydrogen) atoms. The van der Waals surface area contributed by atoms with Gasteiger partial charge in [0.05, 0.1) is 12.1 Å². The van der Waals surface area contributed by atoms with E-state index in [0.717, 1.165) is 84.0 Å². The minimum Gasteiger partial charge on any atom is -0.493 e. The molecule has 0 saturated heterocycles. The summed E-state index contributed by atoms with van der Waals surface area (Å²) in [5.41, 5.74) is 4.95. The Kier molecular flexibility index (Phi) is 11.3. The molecule has 4 nitrogen and oxygen atoms in total. The number of aromatic nitrogens is 1. The van der Waals surface area contributed by atoms with E-state index in [1.165, 1.54) is 19.3 Å². The summed E-state index contributed by atoms with van der Waals surface area (Å²) in [4.78, 5) is 30.3. The minimum absolute atomic E-state index is 0.100. The zero-order valence-electron chi connectivity index (χ0n) is 24.3. The van der Waals surface area contributed by atoms with Crippen LogP contribution in [0.3, 0.4) is 0 Å². The molecule has 0 saturated carbocycles. The number of nitrogens with zero attached hydrogens (tertiary/aromatic N) is 1. The van der Waals surface area contributed by atoms with Crippen molar-refractivity contribution in [2.24, 2.45) is 5.92 Å². The van der Waals surface area contributed by atoms with Crippen molar-refractivity contribution in [3.8, 4) is 17.6 Å². The summed E-state index contributed by atoms with van der Waals surface area (Å²) in [6, 6.07) is 15.9. The monoisotopic (exact) mass is 537 g/mol. The molecule has 0 fully saturated rings. The summed E-state index contributed by atoms with van der Waals surface area (Å²) in [5, 5.41) is 0.947. The SMILES string of the molecule is C1#CCCCCC1.CCCOc1ccccc1CCC(=O)CC1CCc2nc3ccccc3c(C(C)=O)c2CC1. The predicted octanol–water partition coefficient (Wildman–Crippen LogP) is 8.27. The Morgan fingerprint density at radius 2 is 1.68 bits per heavy atom. The molecule has 1 unspecified atom stereocenters. The van der Waals surface area contributed by atoms with Crippen LogP contribution in [0.15, 0.2) is 48.5 Å². The van der Waals surface area contributed by atoms with E-state index >= 15 is 0 Å². The number of hydrogen-bond acceptors (Lipinski definition) is 4. The first-order valence-corrected chi connectivity index (χ1v) is 15.2. The maximum Gasteiger partial charge on any atom is 0.160 e. The van der Waals surface area contributed by atoms with Crippen molar-refractivity contribution < 1.29 is 14.3 Å². The number of Topliss-reactive ketones (excluding diaryl/α,β-unsaturated/α-hetero) is 2. The number of hydrogen-bond donors (Lipinski definition) is 0. The highest BCUT2D eigenvalue weighted by Gasteiger charge is 2.24. The summed E-state index contributed by atoms with van der Waals surface area (Å²) in [6.07, 6.45) is 12.6. The van der Waals surface area contributed by atoms with Gasteiger partial charge in [-0.25, -0.2) is 0 Å². The molecule has 0 amide bonds. The third kappa shape index (κ3) is 8.28. The van der Waals surface area contributed by atoms with E-state index in [4.69, 9.17) is 9.72 Å². The molecule has 1 heterocycles. The Morgan fingerprint density at radius 3 is 2.45 bits per heavy atom. The quantitative estimate of drug-likeness (QED) is 0.157. The number of ether oxygens (including phenoxy) is 1. The molecule has 0 N–H and O–H groups in total. The number of rotatable bonds is 9. The Balaban J connectivity index is 0.000000461. The van der Waals surface area contributed by atoms with Crippen molar-refractivity contribution in [2.75, 3.05) is 6.61 Å². The van der Waals surface area contributed by atoms with Crippen LogP contribution in [-0.4, -0.2) is 23.2 Å². The average Bonchev–Trinajstić information content (AvgIpc) is 3.39. The van der Waals surface area contributed by atoms with Gasteiger partial charge in [0, 0.05) is 42.3 Å². The highest BCUT2D eigenvalue weighted by atomic mass is 16.5. The fourth-order valence-corrected chi connectivity index (χ4v) is 5.76. The first kappa shape index (κ1) is 29.5. The molecule has 0 bridgehead atoms. The summed E-state index contributed by atoms with van der Waals surface area (Å²) < 4.78 is 5.84. The lowest BCUT2D eigenvalue weighted by molar-refractivity contribution is -0.120. The van der Waals surface area contributed by atoms with Crippen molar-refractivity contribution in [1.29, 1.82) is 0 Å². The van der Waals surface area contributed by atoms with Crippen LogP contribution in [0.25, 0.3) is 10.9 Å². The Bertz CT molecular complexity index is 1350. The van der Waals surface area contributed by atoms with Gasteiger partial charge in [0.15, 0.2) is 5.78 Å². The summed E-state index contributed by atoms with van der Waals surface area (Å²) in [5.74, 6) is 7.83. The number of benzene rings is 2. The Hall–Kier alpha value is -3.45. The molecule has 1 atom stereocenters. The van der Waals surface area contributed by atoms with Gasteiger partial charge >= 0.3 is 0 Å². The van der Waals surface area contributed by atoms with E-state index in [1.54, 1.807) is 6.92 Å². The molecule has 4 heteroatoms. The number of para-hydroxylation sites is 2. The van der Waals surface area contributed by atoms with Crippen LogP contribution in [0.4, 0.5) is 0 Å². The Morgan fingerprint density at radius 1 is 0.950 bits per heavy atom.